The molecule has 2 aromatic rings. The molecule has 0 bridgehead atoms. The van der Waals surface area contributed by atoms with Gasteiger partial charge in [0.05, 0.1) is 11.7 Å². The van der Waals surface area contributed by atoms with E-state index in [-0.39, 0.29) is 17.1 Å². The molecule has 3 aliphatic rings. The molecule has 2 heterocycles. The number of ether oxygens (including phenoxy) is 2. The quantitative estimate of drug-likeness (QED) is 0.577. The molecule has 0 amide bonds. The van der Waals surface area contributed by atoms with Crippen LogP contribution in [-0.2, 0) is 14.9 Å². The number of fused-ring (bicyclic) bond motifs is 1. The van der Waals surface area contributed by atoms with E-state index in [2.05, 4.69) is 48.6 Å². The lowest BCUT2D eigenvalue weighted by Gasteiger charge is -2.46. The van der Waals surface area contributed by atoms with E-state index in [1.807, 2.05) is 12.3 Å². The van der Waals surface area contributed by atoms with Crippen molar-refractivity contribution in [1.82, 2.24) is 10.3 Å². The van der Waals surface area contributed by atoms with Gasteiger partial charge in [-0.15, -0.1) is 0 Å². The molecule has 172 valence electrons. The van der Waals surface area contributed by atoms with Crippen LogP contribution in [0.3, 0.4) is 0 Å². The average Bonchev–Trinajstić information content (AvgIpc) is 3.28. The topological polar surface area (TPSA) is 43.4 Å². The van der Waals surface area contributed by atoms with Crippen LogP contribution in [0.15, 0.2) is 48.7 Å². The normalized spacial score (nSPS) is 29.2. The molecule has 2 fully saturated rings. The SMILES string of the molecule is CCOC1CC[C@H](NCC[C@@]2(c3ccccn3)CCOC3(CCCC3)C2)c2ccccc21. The first kappa shape index (κ1) is 22.1. The summed E-state index contributed by atoms with van der Waals surface area (Å²) in [6, 6.07) is 15.7. The van der Waals surface area contributed by atoms with Gasteiger partial charge in [0, 0.05) is 36.6 Å². The van der Waals surface area contributed by atoms with E-state index in [1.54, 1.807) is 0 Å². The zero-order valence-corrected chi connectivity index (χ0v) is 19.5. The average molecular weight is 435 g/mol. The van der Waals surface area contributed by atoms with Crippen molar-refractivity contribution in [3.8, 4) is 0 Å². The van der Waals surface area contributed by atoms with Gasteiger partial charge in [0.1, 0.15) is 0 Å². The Morgan fingerprint density at radius 2 is 1.84 bits per heavy atom. The van der Waals surface area contributed by atoms with Crippen LogP contribution in [-0.4, -0.2) is 30.3 Å². The largest absolute Gasteiger partial charge is 0.375 e. The second-order valence-electron chi connectivity index (χ2n) is 10.1. The number of benzene rings is 1. The molecule has 0 radical (unpaired) electrons. The zero-order valence-electron chi connectivity index (χ0n) is 19.5. The molecule has 1 aliphatic heterocycles. The Hall–Kier alpha value is -1.75. The Balaban J connectivity index is 1.32. The highest BCUT2D eigenvalue weighted by Gasteiger charge is 2.48. The lowest BCUT2D eigenvalue weighted by Crippen LogP contribution is -2.47. The number of pyridine rings is 1. The van der Waals surface area contributed by atoms with Crippen LogP contribution >= 0.6 is 0 Å². The lowest BCUT2D eigenvalue weighted by molar-refractivity contribution is -0.104. The molecule has 32 heavy (non-hydrogen) atoms. The summed E-state index contributed by atoms with van der Waals surface area (Å²) in [6.45, 7) is 4.73. The molecule has 1 spiro atoms. The van der Waals surface area contributed by atoms with Gasteiger partial charge >= 0.3 is 0 Å². The molecule has 4 nitrogen and oxygen atoms in total. The number of nitrogens with zero attached hydrogens (tertiary/aromatic N) is 1. The van der Waals surface area contributed by atoms with E-state index < -0.39 is 0 Å². The van der Waals surface area contributed by atoms with Gasteiger partial charge in [-0.05, 0) is 81.7 Å². The number of aromatic nitrogens is 1. The molecular formula is C28H38N2O2. The van der Waals surface area contributed by atoms with Crippen molar-refractivity contribution in [1.29, 1.82) is 0 Å². The second kappa shape index (κ2) is 9.62. The van der Waals surface area contributed by atoms with E-state index in [0.717, 1.165) is 51.9 Å². The molecule has 1 aromatic heterocycles. The maximum atomic E-state index is 6.42. The third-order valence-electron chi connectivity index (χ3n) is 8.17. The molecular weight excluding hydrogens is 396 g/mol. The first-order valence-corrected chi connectivity index (χ1v) is 12.7. The number of hydrogen-bond acceptors (Lipinski definition) is 4. The van der Waals surface area contributed by atoms with Crippen molar-refractivity contribution in [3.05, 3.63) is 65.5 Å². The van der Waals surface area contributed by atoms with Crippen LogP contribution in [0.5, 0.6) is 0 Å². The zero-order chi connectivity index (χ0) is 21.9. The van der Waals surface area contributed by atoms with Gasteiger partial charge in [-0.2, -0.15) is 0 Å². The number of nitrogens with one attached hydrogen (secondary N) is 1. The molecule has 5 rings (SSSR count). The maximum absolute atomic E-state index is 6.42. The molecule has 1 unspecified atom stereocenters. The molecule has 4 heteroatoms. The van der Waals surface area contributed by atoms with Crippen LogP contribution in [0, 0.1) is 0 Å². The van der Waals surface area contributed by atoms with Gasteiger partial charge in [0.15, 0.2) is 0 Å². The number of hydrogen-bond donors (Lipinski definition) is 1. The molecule has 1 aromatic carbocycles. The fourth-order valence-corrected chi connectivity index (χ4v) is 6.62. The Morgan fingerprint density at radius 3 is 2.62 bits per heavy atom. The van der Waals surface area contributed by atoms with Crippen LogP contribution < -0.4 is 5.32 Å². The Kier molecular flexibility index (Phi) is 6.64. The third-order valence-corrected chi connectivity index (χ3v) is 8.17. The summed E-state index contributed by atoms with van der Waals surface area (Å²) in [6.07, 6.45) is 12.8. The minimum atomic E-state index is 0.0813. The molecule has 2 aliphatic carbocycles. The first-order chi connectivity index (χ1) is 15.7. The highest BCUT2D eigenvalue weighted by molar-refractivity contribution is 5.34. The van der Waals surface area contributed by atoms with E-state index in [9.17, 15) is 0 Å². The lowest BCUT2D eigenvalue weighted by atomic mass is 9.68. The van der Waals surface area contributed by atoms with Gasteiger partial charge in [-0.3, -0.25) is 4.98 Å². The van der Waals surface area contributed by atoms with Crippen molar-refractivity contribution in [2.45, 2.75) is 87.9 Å². The van der Waals surface area contributed by atoms with Crippen LogP contribution in [0.2, 0.25) is 0 Å². The van der Waals surface area contributed by atoms with Crippen LogP contribution in [0.1, 0.15) is 93.7 Å². The summed E-state index contributed by atoms with van der Waals surface area (Å²) in [5, 5.41) is 3.94. The minimum Gasteiger partial charge on any atom is -0.375 e. The van der Waals surface area contributed by atoms with Crippen LogP contribution in [0.25, 0.3) is 0 Å². The number of rotatable bonds is 7. The van der Waals surface area contributed by atoms with Gasteiger partial charge < -0.3 is 14.8 Å². The Bertz CT molecular complexity index is 880. The van der Waals surface area contributed by atoms with Crippen molar-refractivity contribution in [2.75, 3.05) is 19.8 Å². The van der Waals surface area contributed by atoms with E-state index in [4.69, 9.17) is 14.5 Å². The fraction of sp³-hybridized carbons (Fsp3) is 0.607. The van der Waals surface area contributed by atoms with Gasteiger partial charge in [0.2, 0.25) is 0 Å². The maximum Gasteiger partial charge on any atom is 0.0828 e. The summed E-state index contributed by atoms with van der Waals surface area (Å²) < 4.78 is 12.5. The van der Waals surface area contributed by atoms with E-state index in [0.29, 0.717) is 6.04 Å². The minimum absolute atomic E-state index is 0.0813. The van der Waals surface area contributed by atoms with Crippen molar-refractivity contribution in [2.24, 2.45) is 0 Å². The van der Waals surface area contributed by atoms with Gasteiger partial charge in [-0.25, -0.2) is 0 Å². The Morgan fingerprint density at radius 1 is 1.03 bits per heavy atom. The van der Waals surface area contributed by atoms with Gasteiger partial charge in [-0.1, -0.05) is 43.2 Å². The Labute approximate surface area is 193 Å². The molecule has 3 atom stereocenters. The second-order valence-corrected chi connectivity index (χ2v) is 10.1. The van der Waals surface area contributed by atoms with Crippen LogP contribution in [0.4, 0.5) is 0 Å². The highest BCUT2D eigenvalue weighted by atomic mass is 16.5. The summed E-state index contributed by atoms with van der Waals surface area (Å²) in [7, 11) is 0. The monoisotopic (exact) mass is 434 g/mol. The molecule has 1 saturated carbocycles. The predicted octanol–water partition coefficient (Wildman–Crippen LogP) is 6.04. The highest BCUT2D eigenvalue weighted by Crippen LogP contribution is 2.49. The smallest absolute Gasteiger partial charge is 0.0828 e. The van der Waals surface area contributed by atoms with Crippen molar-refractivity contribution >= 4 is 0 Å². The summed E-state index contributed by atoms with van der Waals surface area (Å²) in [5.41, 5.74) is 4.24. The summed E-state index contributed by atoms with van der Waals surface area (Å²) in [4.78, 5) is 4.86. The predicted molar refractivity (Wildman–Crippen MR) is 128 cm³/mol. The molecule has 1 saturated heterocycles. The summed E-state index contributed by atoms with van der Waals surface area (Å²) >= 11 is 0. The van der Waals surface area contributed by atoms with Crippen molar-refractivity contribution in [3.63, 3.8) is 0 Å². The van der Waals surface area contributed by atoms with E-state index in [1.165, 1.54) is 42.5 Å². The van der Waals surface area contributed by atoms with Crippen molar-refractivity contribution < 1.29 is 9.47 Å². The summed E-state index contributed by atoms with van der Waals surface area (Å²) in [5.74, 6) is 0. The van der Waals surface area contributed by atoms with Gasteiger partial charge in [0.25, 0.3) is 0 Å². The first-order valence-electron chi connectivity index (χ1n) is 12.7. The van der Waals surface area contributed by atoms with E-state index >= 15 is 0 Å². The fourth-order valence-electron chi connectivity index (χ4n) is 6.62. The standard InChI is InChI=1S/C28H38N2O2/c1-2-31-25-13-12-24(22-9-3-4-10-23(22)25)29-19-16-27(26-11-5-8-18-30-26)17-20-32-28(21-27)14-6-7-15-28/h3-5,8-11,18,24-25,29H,2,6-7,12-17,19-21H2,1H3/t24-,25?,27+/m0/s1. The molecule has 1 N–H and O–H groups in total. The third kappa shape index (κ3) is 4.37.